The molecule has 1 aliphatic heterocycles. The van der Waals surface area contributed by atoms with E-state index in [0.717, 1.165) is 11.3 Å². The Morgan fingerprint density at radius 1 is 1.40 bits per heavy atom. The van der Waals surface area contributed by atoms with Crippen LogP contribution in [0.5, 0.6) is 0 Å². The Bertz CT molecular complexity index is 578. The molecule has 20 heavy (non-hydrogen) atoms. The van der Waals surface area contributed by atoms with Crippen molar-refractivity contribution < 1.29 is 17.9 Å². The maximum atomic E-state index is 12.4. The number of piperidine rings is 1. The first-order chi connectivity index (χ1) is 9.43. The average Bonchev–Trinajstić information content (AvgIpc) is 2.87. The Hall–Kier alpha value is -1.10. The number of hydrogen-bond donors (Lipinski definition) is 1. The number of hydrogen-bond acceptors (Lipinski definition) is 7. The summed E-state index contributed by atoms with van der Waals surface area (Å²) in [5.74, 6) is -0.314. The molecular weight excluding hydrogens is 304 g/mol. The van der Waals surface area contributed by atoms with Crippen LogP contribution >= 0.6 is 11.3 Å². The van der Waals surface area contributed by atoms with Crippen LogP contribution in [-0.2, 0) is 19.6 Å². The number of carbonyl (C=O) groups is 1. The molecule has 0 aromatic carbocycles. The zero-order valence-corrected chi connectivity index (χ0v) is 12.8. The van der Waals surface area contributed by atoms with E-state index in [1.807, 2.05) is 0 Å². The lowest BCUT2D eigenvalue weighted by Gasteiger charge is -2.29. The van der Waals surface area contributed by atoms with Gasteiger partial charge in [0.2, 0.25) is 15.4 Å². The third kappa shape index (κ3) is 3.32. The summed E-state index contributed by atoms with van der Waals surface area (Å²) >= 11 is 0.853. The van der Waals surface area contributed by atoms with E-state index in [9.17, 15) is 13.2 Å². The van der Waals surface area contributed by atoms with Gasteiger partial charge in [0.15, 0.2) is 0 Å². The first-order valence-corrected chi connectivity index (χ1v) is 8.33. The van der Waals surface area contributed by atoms with Crippen LogP contribution < -0.4 is 5.32 Å². The maximum absolute atomic E-state index is 12.4. The quantitative estimate of drug-likeness (QED) is 0.800. The highest BCUT2D eigenvalue weighted by molar-refractivity contribution is 7.91. The molecule has 0 spiro atoms. The van der Waals surface area contributed by atoms with Gasteiger partial charge >= 0.3 is 0 Å². The van der Waals surface area contributed by atoms with E-state index in [2.05, 4.69) is 15.5 Å². The number of sulfonamides is 1. The highest BCUT2D eigenvalue weighted by Gasteiger charge is 2.32. The van der Waals surface area contributed by atoms with Gasteiger partial charge in [-0.25, -0.2) is 8.42 Å². The van der Waals surface area contributed by atoms with E-state index < -0.39 is 10.0 Å². The van der Waals surface area contributed by atoms with Gasteiger partial charge in [-0.15, -0.1) is 10.2 Å². The lowest BCUT2D eigenvalue weighted by atomic mass is 10.1. The van der Waals surface area contributed by atoms with Crippen LogP contribution in [-0.4, -0.2) is 55.1 Å². The maximum Gasteiger partial charge on any atom is 0.272 e. The van der Waals surface area contributed by atoms with Crippen molar-refractivity contribution in [3.63, 3.8) is 0 Å². The number of nitrogens with zero attached hydrogens (tertiary/aromatic N) is 3. The largest absolute Gasteiger partial charge is 0.381 e. The molecule has 10 heteroatoms. The number of aromatic nitrogens is 2. The molecule has 0 bridgehead atoms. The summed E-state index contributed by atoms with van der Waals surface area (Å²) in [5, 5.41) is 9.91. The van der Waals surface area contributed by atoms with Crippen molar-refractivity contribution in [1.82, 2.24) is 14.5 Å². The normalized spacial score (nSPS) is 18.1. The molecule has 0 aliphatic carbocycles. The minimum atomic E-state index is -3.64. The van der Waals surface area contributed by atoms with Gasteiger partial charge in [0, 0.05) is 27.1 Å². The molecule has 1 saturated heterocycles. The zero-order valence-electron chi connectivity index (χ0n) is 11.2. The van der Waals surface area contributed by atoms with Crippen molar-refractivity contribution in [2.75, 3.05) is 25.5 Å². The molecule has 1 aromatic heterocycles. The Morgan fingerprint density at radius 3 is 2.60 bits per heavy atom. The molecule has 8 nitrogen and oxygen atoms in total. The molecule has 0 saturated carbocycles. The highest BCUT2D eigenvalue weighted by atomic mass is 32.2. The van der Waals surface area contributed by atoms with E-state index in [-0.39, 0.29) is 21.5 Å². The minimum absolute atomic E-state index is 0.0999. The summed E-state index contributed by atoms with van der Waals surface area (Å²) in [4.78, 5) is 10.9. The van der Waals surface area contributed by atoms with Crippen LogP contribution in [0.4, 0.5) is 5.13 Å². The van der Waals surface area contributed by atoms with E-state index in [1.165, 1.54) is 11.2 Å². The molecular formula is C10H16N4O4S2. The van der Waals surface area contributed by atoms with Crippen LogP contribution in [0.2, 0.25) is 0 Å². The SMILES string of the molecule is COC1CCN(S(=O)(=O)c2nnc(NC(C)=O)s2)CC1. The Morgan fingerprint density at radius 2 is 2.05 bits per heavy atom. The van der Waals surface area contributed by atoms with Gasteiger partial charge in [-0.2, -0.15) is 4.31 Å². The van der Waals surface area contributed by atoms with Gasteiger partial charge in [-0.1, -0.05) is 11.3 Å². The first kappa shape index (κ1) is 15.3. The van der Waals surface area contributed by atoms with Gasteiger partial charge in [-0.3, -0.25) is 4.79 Å². The summed E-state index contributed by atoms with van der Waals surface area (Å²) in [6.45, 7) is 2.12. The van der Waals surface area contributed by atoms with Crippen molar-refractivity contribution in [2.24, 2.45) is 0 Å². The van der Waals surface area contributed by atoms with Gasteiger partial charge in [0.25, 0.3) is 10.0 Å². The Kier molecular flexibility index (Phi) is 4.68. The monoisotopic (exact) mass is 320 g/mol. The number of nitrogens with one attached hydrogen (secondary N) is 1. The predicted octanol–water partition coefficient (Wildman–Crippen LogP) is 0.296. The molecule has 2 rings (SSSR count). The number of carbonyl (C=O) groups excluding carboxylic acids is 1. The lowest BCUT2D eigenvalue weighted by Crippen LogP contribution is -2.40. The van der Waals surface area contributed by atoms with Crippen LogP contribution in [0.3, 0.4) is 0 Å². The molecule has 1 aliphatic rings. The second-order valence-electron chi connectivity index (χ2n) is 4.39. The molecule has 0 radical (unpaired) electrons. The van der Waals surface area contributed by atoms with Crippen LogP contribution in [0.25, 0.3) is 0 Å². The fourth-order valence-corrected chi connectivity index (χ4v) is 4.49. The third-order valence-corrected chi connectivity index (χ3v) is 6.07. The number of methoxy groups -OCH3 is 1. The lowest BCUT2D eigenvalue weighted by molar-refractivity contribution is -0.114. The number of anilines is 1. The fraction of sp³-hybridized carbons (Fsp3) is 0.700. The van der Waals surface area contributed by atoms with Crippen molar-refractivity contribution in [3.8, 4) is 0 Å². The van der Waals surface area contributed by atoms with E-state index in [0.29, 0.717) is 25.9 Å². The van der Waals surface area contributed by atoms with E-state index >= 15 is 0 Å². The second kappa shape index (κ2) is 6.12. The Balaban J connectivity index is 2.10. The summed E-state index contributed by atoms with van der Waals surface area (Å²) in [6, 6.07) is 0. The zero-order chi connectivity index (χ0) is 14.8. The number of amides is 1. The van der Waals surface area contributed by atoms with Crippen LogP contribution in [0.1, 0.15) is 19.8 Å². The minimum Gasteiger partial charge on any atom is -0.381 e. The average molecular weight is 320 g/mol. The van der Waals surface area contributed by atoms with Crippen LogP contribution in [0, 0.1) is 0 Å². The standard InChI is InChI=1S/C10H16N4O4S2/c1-7(15)11-9-12-13-10(19-9)20(16,17)14-5-3-8(18-2)4-6-14/h8H,3-6H2,1-2H3,(H,11,12,15). The number of rotatable bonds is 4. The smallest absolute Gasteiger partial charge is 0.272 e. The topological polar surface area (TPSA) is 101 Å². The summed E-state index contributed by atoms with van der Waals surface area (Å²) in [5.41, 5.74) is 0. The molecule has 1 N–H and O–H groups in total. The van der Waals surface area contributed by atoms with Crippen molar-refractivity contribution in [2.45, 2.75) is 30.2 Å². The van der Waals surface area contributed by atoms with Gasteiger partial charge in [0.05, 0.1) is 6.10 Å². The van der Waals surface area contributed by atoms with Gasteiger partial charge in [-0.05, 0) is 12.8 Å². The Labute approximate surface area is 121 Å². The molecule has 112 valence electrons. The summed E-state index contributed by atoms with van der Waals surface area (Å²) in [6.07, 6.45) is 1.42. The molecule has 0 unspecified atom stereocenters. The highest BCUT2D eigenvalue weighted by Crippen LogP contribution is 2.26. The molecule has 1 aromatic rings. The number of ether oxygens (including phenoxy) is 1. The van der Waals surface area contributed by atoms with Crippen molar-refractivity contribution >= 4 is 32.4 Å². The molecule has 0 atom stereocenters. The van der Waals surface area contributed by atoms with E-state index in [4.69, 9.17) is 4.74 Å². The van der Waals surface area contributed by atoms with E-state index in [1.54, 1.807) is 7.11 Å². The summed E-state index contributed by atoms with van der Waals surface area (Å²) in [7, 11) is -2.01. The van der Waals surface area contributed by atoms with Gasteiger partial charge < -0.3 is 10.1 Å². The summed E-state index contributed by atoms with van der Waals surface area (Å²) < 4.78 is 31.2. The fourth-order valence-electron chi connectivity index (χ4n) is 1.93. The third-order valence-electron chi connectivity index (χ3n) is 2.98. The van der Waals surface area contributed by atoms with Crippen molar-refractivity contribution in [3.05, 3.63) is 0 Å². The van der Waals surface area contributed by atoms with Gasteiger partial charge in [0.1, 0.15) is 0 Å². The molecule has 2 heterocycles. The van der Waals surface area contributed by atoms with Crippen molar-refractivity contribution in [1.29, 1.82) is 0 Å². The second-order valence-corrected chi connectivity index (χ2v) is 7.48. The van der Waals surface area contributed by atoms with Crippen LogP contribution in [0.15, 0.2) is 4.34 Å². The molecule has 1 amide bonds. The first-order valence-electron chi connectivity index (χ1n) is 6.07. The molecule has 1 fully saturated rings. The predicted molar refractivity (Wildman–Crippen MR) is 73.0 cm³/mol.